The van der Waals surface area contributed by atoms with E-state index in [1.165, 1.54) is 22.7 Å². The number of nitrogens with zero attached hydrogens (tertiary/aromatic N) is 1. The predicted octanol–water partition coefficient (Wildman–Crippen LogP) is 4.66. The lowest BCUT2D eigenvalue weighted by Crippen LogP contribution is -2.11. The Balaban J connectivity index is 1.47. The molecule has 3 heterocycles. The summed E-state index contributed by atoms with van der Waals surface area (Å²) >= 11 is 2.82. The van der Waals surface area contributed by atoms with Crippen molar-refractivity contribution < 1.29 is 9.21 Å². The molecule has 0 unspecified atom stereocenters. The topological polar surface area (TPSA) is 72.2 Å². The van der Waals surface area contributed by atoms with Crippen LogP contribution in [0.2, 0.25) is 0 Å². The van der Waals surface area contributed by atoms with Gasteiger partial charge in [-0.25, -0.2) is 0 Å². The number of thiophene rings is 2. The van der Waals surface area contributed by atoms with Gasteiger partial charge in [0.2, 0.25) is 0 Å². The minimum atomic E-state index is -0.234. The minimum Gasteiger partial charge on any atom is -0.431 e. The maximum atomic E-state index is 12.2. The highest BCUT2D eigenvalue weighted by Gasteiger charge is 2.11. The summed E-state index contributed by atoms with van der Waals surface area (Å²) in [5.74, 6) is 0.315. The second-order valence-corrected chi connectivity index (χ2v) is 7.92. The number of amides is 1. The van der Waals surface area contributed by atoms with Gasteiger partial charge in [0, 0.05) is 12.1 Å². The van der Waals surface area contributed by atoms with Crippen molar-refractivity contribution in [3.8, 4) is 0 Å². The van der Waals surface area contributed by atoms with Gasteiger partial charge in [0.25, 0.3) is 11.5 Å². The number of anilines is 1. The molecule has 0 atom stereocenters. The van der Waals surface area contributed by atoms with Gasteiger partial charge in [0.05, 0.1) is 10.3 Å². The van der Waals surface area contributed by atoms with Crippen LogP contribution in [0.4, 0.5) is 5.69 Å². The molecule has 0 aliphatic carbocycles. The van der Waals surface area contributed by atoms with E-state index in [1.807, 2.05) is 48.0 Å². The molecule has 1 aromatic carbocycles. The van der Waals surface area contributed by atoms with Crippen molar-refractivity contribution in [2.24, 2.45) is 0 Å². The van der Waals surface area contributed by atoms with E-state index >= 15 is 0 Å². The molecule has 0 spiro atoms. The van der Waals surface area contributed by atoms with Gasteiger partial charge >= 0.3 is 0 Å². The standard InChI is InChI=1S/C20H16N2O3S2/c1-12-11-27-20-17(12)19(24)22-16(25-20)8-7-13-4-2-5-14(10-13)21-18(23)15-6-3-9-26-15/h2-6,9-11H,7-8H2,1H3,(H,21,23). The Hall–Kier alpha value is -2.77. The summed E-state index contributed by atoms with van der Waals surface area (Å²) in [5, 5.41) is 7.25. The highest BCUT2D eigenvalue weighted by atomic mass is 32.1. The van der Waals surface area contributed by atoms with Gasteiger partial charge in [-0.3, -0.25) is 9.59 Å². The first-order valence-electron chi connectivity index (χ1n) is 8.42. The molecule has 27 heavy (non-hydrogen) atoms. The Bertz CT molecular complexity index is 1160. The van der Waals surface area contributed by atoms with Crippen LogP contribution in [0.1, 0.15) is 26.7 Å². The first-order valence-corrected chi connectivity index (χ1v) is 10.2. The molecule has 1 amide bonds. The molecule has 0 aliphatic rings. The summed E-state index contributed by atoms with van der Waals surface area (Å²) in [5.41, 5.74) is 2.44. The summed E-state index contributed by atoms with van der Waals surface area (Å²) in [6.07, 6.45) is 1.18. The van der Waals surface area contributed by atoms with Crippen molar-refractivity contribution >= 4 is 44.6 Å². The van der Waals surface area contributed by atoms with Crippen LogP contribution in [-0.2, 0) is 12.8 Å². The number of rotatable bonds is 5. The molecule has 0 saturated carbocycles. The van der Waals surface area contributed by atoms with Crippen molar-refractivity contribution in [3.05, 3.63) is 79.4 Å². The number of aryl methyl sites for hydroxylation is 3. The molecule has 4 aromatic rings. The van der Waals surface area contributed by atoms with Crippen molar-refractivity contribution in [2.45, 2.75) is 19.8 Å². The van der Waals surface area contributed by atoms with Gasteiger partial charge in [-0.05, 0) is 53.4 Å². The van der Waals surface area contributed by atoms with Gasteiger partial charge in [-0.15, -0.1) is 22.7 Å². The second-order valence-electron chi connectivity index (χ2n) is 6.13. The number of nitrogens with one attached hydrogen (secondary N) is 1. The molecule has 1 N–H and O–H groups in total. The number of fused-ring (bicyclic) bond motifs is 1. The summed E-state index contributed by atoms with van der Waals surface area (Å²) < 4.78 is 5.77. The molecule has 0 aliphatic heterocycles. The lowest BCUT2D eigenvalue weighted by Gasteiger charge is -2.06. The van der Waals surface area contributed by atoms with Crippen LogP contribution in [0.3, 0.4) is 0 Å². The molecule has 0 bridgehead atoms. The van der Waals surface area contributed by atoms with Crippen molar-refractivity contribution in [3.63, 3.8) is 0 Å². The van der Waals surface area contributed by atoms with Crippen molar-refractivity contribution in [1.29, 1.82) is 0 Å². The lowest BCUT2D eigenvalue weighted by molar-refractivity contribution is 0.103. The van der Waals surface area contributed by atoms with Crippen LogP contribution >= 0.6 is 22.7 Å². The van der Waals surface area contributed by atoms with E-state index in [-0.39, 0.29) is 11.5 Å². The molecule has 136 valence electrons. The molecule has 0 saturated heterocycles. The fourth-order valence-electron chi connectivity index (χ4n) is 2.81. The van der Waals surface area contributed by atoms with E-state index < -0.39 is 0 Å². The third kappa shape index (κ3) is 3.84. The zero-order valence-electron chi connectivity index (χ0n) is 14.5. The monoisotopic (exact) mass is 396 g/mol. The minimum absolute atomic E-state index is 0.117. The van der Waals surface area contributed by atoms with Crippen LogP contribution in [0, 0.1) is 6.92 Å². The third-order valence-corrected chi connectivity index (χ3v) is 5.99. The Morgan fingerprint density at radius 1 is 1.19 bits per heavy atom. The molecule has 0 fully saturated rings. The maximum absolute atomic E-state index is 12.2. The van der Waals surface area contributed by atoms with Crippen molar-refractivity contribution in [2.75, 3.05) is 5.32 Å². The van der Waals surface area contributed by atoms with Crippen LogP contribution in [0.15, 0.2) is 56.4 Å². The number of carbonyl (C=O) groups excluding carboxylic acids is 1. The van der Waals surface area contributed by atoms with Gasteiger partial charge in [-0.2, -0.15) is 4.98 Å². The Morgan fingerprint density at radius 2 is 2.07 bits per heavy atom. The van der Waals surface area contributed by atoms with E-state index in [0.29, 0.717) is 33.9 Å². The van der Waals surface area contributed by atoms with Gasteiger partial charge < -0.3 is 9.73 Å². The normalized spacial score (nSPS) is 11.0. The molecular formula is C20H16N2O3S2. The fraction of sp³-hybridized carbons (Fsp3) is 0.150. The first kappa shape index (κ1) is 17.6. The average Bonchev–Trinajstić information content (AvgIpc) is 3.31. The SMILES string of the molecule is Cc1csc2oc(CCc3cccc(NC(=O)c4cccs4)c3)nc(=O)c12. The van der Waals surface area contributed by atoms with Crippen LogP contribution in [-0.4, -0.2) is 10.9 Å². The molecule has 5 nitrogen and oxygen atoms in total. The Labute approximate surface area is 163 Å². The maximum Gasteiger partial charge on any atom is 0.284 e. The van der Waals surface area contributed by atoms with Crippen molar-refractivity contribution in [1.82, 2.24) is 4.98 Å². The summed E-state index contributed by atoms with van der Waals surface area (Å²) in [7, 11) is 0. The molecule has 4 rings (SSSR count). The van der Waals surface area contributed by atoms with Gasteiger partial charge in [-0.1, -0.05) is 18.2 Å². The zero-order chi connectivity index (χ0) is 18.8. The fourth-order valence-corrected chi connectivity index (χ4v) is 4.35. The largest absolute Gasteiger partial charge is 0.431 e. The average molecular weight is 396 g/mol. The smallest absolute Gasteiger partial charge is 0.284 e. The van der Waals surface area contributed by atoms with Gasteiger partial charge in [0.1, 0.15) is 0 Å². The first-order chi connectivity index (χ1) is 13.1. The van der Waals surface area contributed by atoms with E-state index in [0.717, 1.165) is 16.8 Å². The van der Waals surface area contributed by atoms with E-state index in [1.54, 1.807) is 6.07 Å². The quantitative estimate of drug-likeness (QED) is 0.533. The summed E-state index contributed by atoms with van der Waals surface area (Å²) in [6, 6.07) is 11.3. The number of carbonyl (C=O) groups is 1. The second kappa shape index (κ2) is 7.46. The highest BCUT2D eigenvalue weighted by molar-refractivity contribution is 7.16. The van der Waals surface area contributed by atoms with E-state index in [9.17, 15) is 9.59 Å². The Kier molecular flexibility index (Phi) is 4.87. The third-order valence-electron chi connectivity index (χ3n) is 4.15. The molecule has 0 radical (unpaired) electrons. The van der Waals surface area contributed by atoms with Crippen LogP contribution < -0.4 is 10.9 Å². The molecule has 3 aromatic heterocycles. The van der Waals surface area contributed by atoms with Gasteiger partial charge in [0.15, 0.2) is 10.8 Å². The molecular weight excluding hydrogens is 380 g/mol. The summed E-state index contributed by atoms with van der Waals surface area (Å²) in [4.78, 5) is 29.7. The highest BCUT2D eigenvalue weighted by Crippen LogP contribution is 2.23. The Morgan fingerprint density at radius 3 is 2.89 bits per heavy atom. The number of hydrogen-bond acceptors (Lipinski definition) is 6. The zero-order valence-corrected chi connectivity index (χ0v) is 16.2. The lowest BCUT2D eigenvalue weighted by atomic mass is 10.1. The van der Waals surface area contributed by atoms with Crippen LogP contribution in [0.25, 0.3) is 10.3 Å². The van der Waals surface area contributed by atoms with E-state index in [2.05, 4.69) is 10.3 Å². The molecule has 7 heteroatoms. The predicted molar refractivity (Wildman–Crippen MR) is 109 cm³/mol. The number of aromatic nitrogens is 1. The van der Waals surface area contributed by atoms with Crippen LogP contribution in [0.5, 0.6) is 0 Å². The summed E-state index contributed by atoms with van der Waals surface area (Å²) in [6.45, 7) is 1.88. The number of hydrogen-bond donors (Lipinski definition) is 1. The van der Waals surface area contributed by atoms with E-state index in [4.69, 9.17) is 4.42 Å². The number of benzene rings is 1.